The lowest BCUT2D eigenvalue weighted by Gasteiger charge is -2.29. The van der Waals surface area contributed by atoms with Crippen LogP contribution in [0.5, 0.6) is 0 Å². The number of rotatable bonds is 11. The quantitative estimate of drug-likeness (QED) is 0.177. The summed E-state index contributed by atoms with van der Waals surface area (Å²) < 4.78 is 45.1. The molecule has 4 N–H and O–H groups in total. The van der Waals surface area contributed by atoms with Crippen LogP contribution in [-0.4, -0.2) is 46.3 Å². The second-order valence-electron chi connectivity index (χ2n) is 7.92. The number of ether oxygens (including phenoxy) is 1. The lowest BCUT2D eigenvalue weighted by atomic mass is 10.0. The van der Waals surface area contributed by atoms with E-state index in [-0.39, 0.29) is 49.2 Å². The van der Waals surface area contributed by atoms with Gasteiger partial charge >= 0.3 is 12.1 Å². The summed E-state index contributed by atoms with van der Waals surface area (Å²) in [6, 6.07) is 6.41. The number of amides is 3. The molecule has 2 rings (SSSR count). The van der Waals surface area contributed by atoms with E-state index in [1.54, 1.807) is 6.92 Å². The van der Waals surface area contributed by atoms with Gasteiger partial charge in [0.25, 0.3) is 5.91 Å². The minimum Gasteiger partial charge on any atom is -0.463 e. The van der Waals surface area contributed by atoms with E-state index in [9.17, 15) is 32.3 Å². The van der Waals surface area contributed by atoms with Crippen LogP contribution < -0.4 is 11.2 Å². The van der Waals surface area contributed by atoms with Crippen molar-refractivity contribution in [2.24, 2.45) is 5.73 Å². The Morgan fingerprint density at radius 1 is 1.18 bits per heavy atom. The standard InChI is InChI=1S/C26H27F3N4O5/c1-3-5-10-23(35)33(17(11-15-22(30)34)12-16-24(36)38-4-2)32-25(37)21-14-13-20(31-21)18-8-6-7-9-19(18)26(27,28)29/h1,6-9,12-14,16-17,31H,4-5,10-11,15H2,2H3,(H2,30,34)(H,32,37)/t17-/m0/s1. The molecule has 1 atom stereocenters. The molecule has 0 bridgehead atoms. The van der Waals surface area contributed by atoms with Crippen LogP contribution >= 0.6 is 0 Å². The number of hydrogen-bond acceptors (Lipinski definition) is 5. The van der Waals surface area contributed by atoms with Crippen LogP contribution in [0.1, 0.15) is 48.7 Å². The highest BCUT2D eigenvalue weighted by Crippen LogP contribution is 2.36. The van der Waals surface area contributed by atoms with Gasteiger partial charge in [-0.15, -0.1) is 12.3 Å². The molecule has 9 nitrogen and oxygen atoms in total. The summed E-state index contributed by atoms with van der Waals surface area (Å²) >= 11 is 0. The summed E-state index contributed by atoms with van der Waals surface area (Å²) in [6.45, 7) is 1.70. The Morgan fingerprint density at radius 2 is 1.89 bits per heavy atom. The number of hydrazine groups is 1. The van der Waals surface area contributed by atoms with Crippen molar-refractivity contribution in [1.82, 2.24) is 15.4 Å². The van der Waals surface area contributed by atoms with E-state index < -0.39 is 41.5 Å². The highest BCUT2D eigenvalue weighted by atomic mass is 19.4. The zero-order chi connectivity index (χ0) is 28.3. The van der Waals surface area contributed by atoms with Gasteiger partial charge in [0.2, 0.25) is 11.8 Å². The van der Waals surface area contributed by atoms with Gasteiger partial charge in [0.05, 0.1) is 18.2 Å². The predicted octanol–water partition coefficient (Wildman–Crippen LogP) is 3.34. The Bertz CT molecular complexity index is 1230. The molecular weight excluding hydrogens is 505 g/mol. The molecule has 1 aromatic heterocycles. The summed E-state index contributed by atoms with van der Waals surface area (Å²) in [5.74, 6) is -0.573. The Hall–Kier alpha value is -4.53. The van der Waals surface area contributed by atoms with Crippen molar-refractivity contribution in [2.45, 2.75) is 44.8 Å². The van der Waals surface area contributed by atoms with Crippen molar-refractivity contribution in [3.63, 3.8) is 0 Å². The number of hydrogen-bond donors (Lipinski definition) is 3. The molecule has 3 amide bonds. The van der Waals surface area contributed by atoms with Crippen LogP contribution in [0, 0.1) is 12.3 Å². The number of nitrogens with one attached hydrogen (secondary N) is 2. The number of aromatic amines is 1. The van der Waals surface area contributed by atoms with E-state index in [1.807, 2.05) is 0 Å². The van der Waals surface area contributed by atoms with E-state index in [0.29, 0.717) is 0 Å². The van der Waals surface area contributed by atoms with Gasteiger partial charge in [-0.25, -0.2) is 9.80 Å². The smallest absolute Gasteiger partial charge is 0.417 e. The lowest BCUT2D eigenvalue weighted by Crippen LogP contribution is -2.51. The molecule has 0 saturated carbocycles. The molecule has 0 aliphatic carbocycles. The van der Waals surface area contributed by atoms with E-state index in [4.69, 9.17) is 16.9 Å². The van der Waals surface area contributed by atoms with Gasteiger partial charge in [0, 0.05) is 36.6 Å². The molecule has 12 heteroatoms. The zero-order valence-electron chi connectivity index (χ0n) is 20.5. The maximum atomic E-state index is 13.4. The lowest BCUT2D eigenvalue weighted by molar-refractivity contribution is -0.138. The highest BCUT2D eigenvalue weighted by molar-refractivity contribution is 5.95. The van der Waals surface area contributed by atoms with Crippen molar-refractivity contribution in [3.8, 4) is 23.6 Å². The molecule has 0 radical (unpaired) electrons. The topological polar surface area (TPSA) is 135 Å². The Morgan fingerprint density at radius 3 is 2.53 bits per heavy atom. The number of alkyl halides is 3. The van der Waals surface area contributed by atoms with Gasteiger partial charge in [-0.2, -0.15) is 13.2 Å². The molecule has 38 heavy (non-hydrogen) atoms. The van der Waals surface area contributed by atoms with Gasteiger partial charge in [-0.3, -0.25) is 19.8 Å². The van der Waals surface area contributed by atoms with Crippen LogP contribution in [0.2, 0.25) is 0 Å². The number of primary amides is 1. The van der Waals surface area contributed by atoms with Crippen LogP contribution in [0.15, 0.2) is 48.6 Å². The first-order valence-electron chi connectivity index (χ1n) is 11.5. The van der Waals surface area contributed by atoms with Crippen molar-refractivity contribution in [1.29, 1.82) is 0 Å². The maximum Gasteiger partial charge on any atom is 0.417 e. The third-order valence-corrected chi connectivity index (χ3v) is 5.19. The Kier molecular flexibility index (Phi) is 10.7. The average molecular weight is 533 g/mol. The fourth-order valence-corrected chi connectivity index (χ4v) is 3.43. The minimum atomic E-state index is -4.62. The summed E-state index contributed by atoms with van der Waals surface area (Å²) in [5.41, 5.74) is 6.46. The molecule has 202 valence electrons. The maximum absolute atomic E-state index is 13.4. The number of nitrogens with zero attached hydrogens (tertiary/aromatic N) is 1. The monoisotopic (exact) mass is 532 g/mol. The minimum absolute atomic E-state index is 0.0285. The van der Waals surface area contributed by atoms with Crippen LogP contribution in [0.4, 0.5) is 13.2 Å². The van der Waals surface area contributed by atoms with Gasteiger partial charge in [-0.1, -0.05) is 24.3 Å². The largest absolute Gasteiger partial charge is 0.463 e. The average Bonchev–Trinajstić information content (AvgIpc) is 3.36. The highest BCUT2D eigenvalue weighted by Gasteiger charge is 2.34. The van der Waals surface area contributed by atoms with E-state index in [1.165, 1.54) is 36.4 Å². The second kappa shape index (κ2) is 13.7. The molecule has 0 fully saturated rings. The summed E-state index contributed by atoms with van der Waals surface area (Å²) in [5, 5.41) is 0.905. The van der Waals surface area contributed by atoms with Crippen molar-refractivity contribution in [3.05, 3.63) is 59.8 Å². The van der Waals surface area contributed by atoms with Crippen molar-refractivity contribution >= 4 is 23.7 Å². The normalized spacial score (nSPS) is 12.0. The molecule has 0 aliphatic heterocycles. The van der Waals surface area contributed by atoms with E-state index in [0.717, 1.165) is 17.2 Å². The first kappa shape index (κ1) is 29.7. The Balaban J connectivity index is 2.38. The number of H-pyrrole nitrogens is 1. The molecule has 0 aliphatic rings. The molecule has 0 saturated heterocycles. The SMILES string of the molecule is C#CCCC(=O)N(NC(=O)c1ccc(-c2ccccc2C(F)(F)F)[nH]1)[C@H](C=CC(=O)OCC)CCC(N)=O. The van der Waals surface area contributed by atoms with Gasteiger partial charge in [0.1, 0.15) is 5.69 Å². The van der Waals surface area contributed by atoms with Crippen molar-refractivity contribution < 1.29 is 37.1 Å². The molecule has 0 spiro atoms. The number of esters is 1. The fourth-order valence-electron chi connectivity index (χ4n) is 3.43. The molecule has 2 aromatic rings. The molecule has 1 heterocycles. The van der Waals surface area contributed by atoms with Gasteiger partial charge < -0.3 is 15.5 Å². The van der Waals surface area contributed by atoms with Gasteiger partial charge in [-0.05, 0) is 31.5 Å². The third kappa shape index (κ3) is 8.55. The number of halogens is 3. The second-order valence-corrected chi connectivity index (χ2v) is 7.92. The number of aromatic nitrogens is 1. The van der Waals surface area contributed by atoms with Gasteiger partial charge in [0.15, 0.2) is 0 Å². The number of terminal acetylenes is 1. The van der Waals surface area contributed by atoms with Crippen LogP contribution in [-0.2, 0) is 25.3 Å². The third-order valence-electron chi connectivity index (χ3n) is 5.19. The first-order chi connectivity index (χ1) is 18.0. The van der Waals surface area contributed by atoms with E-state index >= 15 is 0 Å². The predicted molar refractivity (Wildman–Crippen MR) is 132 cm³/mol. The zero-order valence-corrected chi connectivity index (χ0v) is 20.5. The van der Waals surface area contributed by atoms with Crippen LogP contribution in [0.25, 0.3) is 11.3 Å². The summed E-state index contributed by atoms with van der Waals surface area (Å²) in [4.78, 5) is 51.8. The Labute approximate surface area is 217 Å². The van der Waals surface area contributed by atoms with Crippen LogP contribution in [0.3, 0.4) is 0 Å². The number of benzene rings is 1. The summed E-state index contributed by atoms with van der Waals surface area (Å²) in [6.07, 6.45) is 2.57. The molecule has 0 unspecified atom stereocenters. The number of nitrogens with two attached hydrogens (primary N) is 1. The molecular formula is C26H27F3N4O5. The number of carbonyl (C=O) groups is 4. The van der Waals surface area contributed by atoms with E-state index in [2.05, 4.69) is 16.3 Å². The molecule has 1 aromatic carbocycles. The fraction of sp³-hybridized carbons (Fsp3) is 0.308. The van der Waals surface area contributed by atoms with Crippen molar-refractivity contribution in [2.75, 3.05) is 6.61 Å². The number of carbonyl (C=O) groups excluding carboxylic acids is 4. The first-order valence-corrected chi connectivity index (χ1v) is 11.5. The summed E-state index contributed by atoms with van der Waals surface area (Å²) in [7, 11) is 0.